The predicted molar refractivity (Wildman–Crippen MR) is 92.8 cm³/mol. The lowest BCUT2D eigenvalue weighted by Gasteiger charge is -2.27. The van der Waals surface area contributed by atoms with Crippen molar-refractivity contribution in [2.24, 2.45) is 5.73 Å². The third-order valence-corrected chi connectivity index (χ3v) is 4.95. The number of nitrogen functional groups attached to an aromatic ring is 1. The Morgan fingerprint density at radius 2 is 1.68 bits per heavy atom. The van der Waals surface area contributed by atoms with Crippen LogP contribution in [0.3, 0.4) is 0 Å². The molecule has 25 heavy (non-hydrogen) atoms. The molecule has 1 fully saturated rings. The van der Waals surface area contributed by atoms with E-state index in [1.54, 1.807) is 0 Å². The molecular weight excluding hydrogens is 324 g/mol. The van der Waals surface area contributed by atoms with Gasteiger partial charge in [0, 0.05) is 29.9 Å². The Morgan fingerprint density at radius 3 is 2.36 bits per heavy atom. The maximum Gasteiger partial charge on any atom is 0.146 e. The fraction of sp³-hybridized carbons (Fsp3) is 0.333. The third-order valence-electron chi connectivity index (χ3n) is 4.95. The van der Waals surface area contributed by atoms with Gasteiger partial charge in [0.2, 0.25) is 0 Å². The van der Waals surface area contributed by atoms with E-state index >= 15 is 0 Å². The first-order chi connectivity index (χ1) is 12.0. The Bertz CT molecular complexity index is 908. The number of fused-ring (bicyclic) bond motifs is 1. The molecular formula is C18H19F2N5. The normalized spacial score (nSPS) is 20.9. The minimum absolute atomic E-state index is 0.231. The standard InChI is InChI=1S/C18H19F2N5/c19-11-5-10(6-12(20)7-11)15-8-25(14-3-1-13(21)2-4-14)18-16(15)17(22)23-9-24-18/h5-9,13-14H,1-4,21H2,(H2,22,23,24). The number of hydrogen-bond acceptors (Lipinski definition) is 4. The molecule has 1 saturated carbocycles. The number of halogens is 2. The average Bonchev–Trinajstić information content (AvgIpc) is 2.96. The van der Waals surface area contributed by atoms with Gasteiger partial charge in [0.1, 0.15) is 29.4 Å². The minimum Gasteiger partial charge on any atom is -0.383 e. The number of benzene rings is 1. The summed E-state index contributed by atoms with van der Waals surface area (Å²) in [6.45, 7) is 0. The lowest BCUT2D eigenvalue weighted by molar-refractivity contribution is 0.329. The van der Waals surface area contributed by atoms with Gasteiger partial charge >= 0.3 is 0 Å². The predicted octanol–water partition coefficient (Wildman–Crippen LogP) is 3.40. The summed E-state index contributed by atoms with van der Waals surface area (Å²) in [4.78, 5) is 8.44. The van der Waals surface area contributed by atoms with Crippen molar-refractivity contribution in [1.29, 1.82) is 0 Å². The van der Waals surface area contributed by atoms with E-state index in [1.807, 2.05) is 6.20 Å². The number of nitrogens with zero attached hydrogens (tertiary/aromatic N) is 3. The molecule has 0 aliphatic heterocycles. The second-order valence-electron chi connectivity index (χ2n) is 6.63. The van der Waals surface area contributed by atoms with Crippen LogP contribution in [0.5, 0.6) is 0 Å². The Morgan fingerprint density at radius 1 is 1.00 bits per heavy atom. The maximum atomic E-state index is 13.7. The van der Waals surface area contributed by atoms with Gasteiger partial charge in [-0.25, -0.2) is 18.7 Å². The van der Waals surface area contributed by atoms with Crippen LogP contribution in [0.4, 0.5) is 14.6 Å². The zero-order valence-corrected chi connectivity index (χ0v) is 13.6. The number of nitrogens with two attached hydrogens (primary N) is 2. The van der Waals surface area contributed by atoms with Crippen molar-refractivity contribution < 1.29 is 8.78 Å². The van der Waals surface area contributed by atoms with Crippen LogP contribution in [-0.4, -0.2) is 20.6 Å². The second kappa shape index (κ2) is 6.07. The molecule has 0 unspecified atom stereocenters. The van der Waals surface area contributed by atoms with E-state index in [9.17, 15) is 8.78 Å². The second-order valence-corrected chi connectivity index (χ2v) is 6.63. The smallest absolute Gasteiger partial charge is 0.146 e. The molecule has 3 aromatic rings. The van der Waals surface area contributed by atoms with Crippen molar-refractivity contribution in [2.45, 2.75) is 37.8 Å². The minimum atomic E-state index is -0.630. The van der Waals surface area contributed by atoms with Crippen LogP contribution in [-0.2, 0) is 0 Å². The molecule has 5 nitrogen and oxygen atoms in total. The monoisotopic (exact) mass is 343 g/mol. The van der Waals surface area contributed by atoms with Crippen molar-refractivity contribution >= 4 is 16.9 Å². The number of rotatable bonds is 2. The first kappa shape index (κ1) is 16.0. The highest BCUT2D eigenvalue weighted by Crippen LogP contribution is 2.38. The van der Waals surface area contributed by atoms with Crippen molar-refractivity contribution in [1.82, 2.24) is 14.5 Å². The summed E-state index contributed by atoms with van der Waals surface area (Å²) >= 11 is 0. The molecule has 2 aromatic heterocycles. The van der Waals surface area contributed by atoms with Crippen LogP contribution in [0.2, 0.25) is 0 Å². The van der Waals surface area contributed by atoms with Crippen molar-refractivity contribution in [3.8, 4) is 11.1 Å². The molecule has 0 amide bonds. The van der Waals surface area contributed by atoms with Crippen LogP contribution in [0.1, 0.15) is 31.7 Å². The summed E-state index contributed by atoms with van der Waals surface area (Å²) in [6.07, 6.45) is 7.05. The van der Waals surface area contributed by atoms with Crippen LogP contribution in [0.25, 0.3) is 22.2 Å². The van der Waals surface area contributed by atoms with Crippen LogP contribution in [0, 0.1) is 11.6 Å². The molecule has 4 N–H and O–H groups in total. The van der Waals surface area contributed by atoms with Gasteiger partial charge in [-0.15, -0.1) is 0 Å². The highest BCUT2D eigenvalue weighted by Gasteiger charge is 2.24. The van der Waals surface area contributed by atoms with Gasteiger partial charge in [-0.3, -0.25) is 0 Å². The van der Waals surface area contributed by atoms with Crippen molar-refractivity contribution in [3.05, 3.63) is 42.4 Å². The summed E-state index contributed by atoms with van der Waals surface area (Å²) in [5, 5.41) is 0.627. The summed E-state index contributed by atoms with van der Waals surface area (Å²) in [7, 11) is 0. The molecule has 1 aromatic carbocycles. The highest BCUT2D eigenvalue weighted by atomic mass is 19.1. The van der Waals surface area contributed by atoms with Gasteiger partial charge in [0.05, 0.1) is 5.39 Å². The van der Waals surface area contributed by atoms with E-state index in [-0.39, 0.29) is 12.1 Å². The van der Waals surface area contributed by atoms with Gasteiger partial charge in [0.15, 0.2) is 0 Å². The van der Waals surface area contributed by atoms with Gasteiger partial charge in [0.25, 0.3) is 0 Å². The summed E-state index contributed by atoms with van der Waals surface area (Å²) < 4.78 is 29.4. The van der Waals surface area contributed by atoms with E-state index < -0.39 is 11.6 Å². The van der Waals surface area contributed by atoms with Crippen LogP contribution < -0.4 is 11.5 Å². The fourth-order valence-corrected chi connectivity index (χ4v) is 3.69. The average molecular weight is 343 g/mol. The fourth-order valence-electron chi connectivity index (χ4n) is 3.69. The van der Waals surface area contributed by atoms with Gasteiger partial charge in [-0.2, -0.15) is 0 Å². The zero-order valence-electron chi connectivity index (χ0n) is 13.6. The van der Waals surface area contributed by atoms with Crippen LogP contribution >= 0.6 is 0 Å². The molecule has 2 heterocycles. The molecule has 1 aliphatic carbocycles. The molecule has 0 saturated heterocycles. The quantitative estimate of drug-likeness (QED) is 0.747. The van der Waals surface area contributed by atoms with Gasteiger partial charge < -0.3 is 16.0 Å². The topological polar surface area (TPSA) is 82.8 Å². The molecule has 1 aliphatic rings. The SMILES string of the molecule is Nc1ncnc2c1c(-c1cc(F)cc(F)c1)cn2C1CCC(N)CC1. The Kier molecular flexibility index (Phi) is 3.88. The molecule has 0 spiro atoms. The lowest BCUT2D eigenvalue weighted by atomic mass is 9.92. The zero-order chi connectivity index (χ0) is 17.6. The Labute approximate surface area is 143 Å². The maximum absolute atomic E-state index is 13.7. The van der Waals surface area contributed by atoms with E-state index in [0.717, 1.165) is 31.7 Å². The van der Waals surface area contributed by atoms with E-state index in [1.165, 1.54) is 18.5 Å². The summed E-state index contributed by atoms with van der Waals surface area (Å²) in [5.74, 6) is -0.958. The van der Waals surface area contributed by atoms with Gasteiger partial charge in [-0.1, -0.05) is 0 Å². The van der Waals surface area contributed by atoms with Crippen LogP contribution in [0.15, 0.2) is 30.7 Å². The first-order valence-corrected chi connectivity index (χ1v) is 8.36. The van der Waals surface area contributed by atoms with Crippen molar-refractivity contribution in [2.75, 3.05) is 5.73 Å². The largest absolute Gasteiger partial charge is 0.383 e. The molecule has 0 radical (unpaired) electrons. The molecule has 130 valence electrons. The molecule has 7 heteroatoms. The van der Waals surface area contributed by atoms with Crippen molar-refractivity contribution in [3.63, 3.8) is 0 Å². The molecule has 4 rings (SSSR count). The van der Waals surface area contributed by atoms with E-state index in [0.29, 0.717) is 28.0 Å². The lowest BCUT2D eigenvalue weighted by Crippen LogP contribution is -2.27. The Hall–Kier alpha value is -2.54. The Balaban J connectivity index is 1.90. The number of anilines is 1. The van der Waals surface area contributed by atoms with E-state index in [4.69, 9.17) is 11.5 Å². The van der Waals surface area contributed by atoms with Gasteiger partial charge in [-0.05, 0) is 43.4 Å². The molecule has 0 bridgehead atoms. The summed E-state index contributed by atoms with van der Waals surface area (Å²) in [5.41, 5.74) is 13.8. The van der Waals surface area contributed by atoms with E-state index in [2.05, 4.69) is 14.5 Å². The highest BCUT2D eigenvalue weighted by molar-refractivity contribution is 6.00. The first-order valence-electron chi connectivity index (χ1n) is 8.36. The summed E-state index contributed by atoms with van der Waals surface area (Å²) in [6, 6.07) is 3.92. The number of hydrogen-bond donors (Lipinski definition) is 2. The number of aromatic nitrogens is 3. The third kappa shape index (κ3) is 2.84. The molecule has 0 atom stereocenters.